The van der Waals surface area contributed by atoms with E-state index < -0.39 is 0 Å². The van der Waals surface area contributed by atoms with Gasteiger partial charge in [0, 0.05) is 36.1 Å². The lowest BCUT2D eigenvalue weighted by molar-refractivity contribution is 0.294. The number of anilines is 1. The molecule has 0 aliphatic rings. The Morgan fingerprint density at radius 1 is 1.04 bits per heavy atom. The van der Waals surface area contributed by atoms with Crippen molar-refractivity contribution in [2.75, 3.05) is 19.5 Å². The van der Waals surface area contributed by atoms with E-state index in [9.17, 15) is 0 Å². The highest BCUT2D eigenvalue weighted by atomic mass is 16.5. The highest BCUT2D eigenvalue weighted by Gasteiger charge is 2.09. The van der Waals surface area contributed by atoms with E-state index in [1.807, 2.05) is 55.6 Å². The number of aryl methyl sites for hydroxylation is 1. The Hall–Kier alpha value is -3.01. The van der Waals surface area contributed by atoms with Crippen molar-refractivity contribution in [1.29, 1.82) is 0 Å². The van der Waals surface area contributed by atoms with Crippen LogP contribution in [0, 0.1) is 6.92 Å². The van der Waals surface area contributed by atoms with Gasteiger partial charge in [0.1, 0.15) is 12.4 Å². The summed E-state index contributed by atoms with van der Waals surface area (Å²) in [4.78, 5) is 4.34. The normalized spacial score (nSPS) is 10.4. The van der Waals surface area contributed by atoms with Crippen LogP contribution < -0.4 is 14.8 Å². The first kappa shape index (κ1) is 16.8. The highest BCUT2D eigenvalue weighted by molar-refractivity contribution is 5.70. The largest absolute Gasteiger partial charge is 0.496 e. The number of nitrogens with zero attached hydrogens (tertiary/aromatic N) is 1. The summed E-state index contributed by atoms with van der Waals surface area (Å²) in [6.07, 6.45) is 1.76. The minimum absolute atomic E-state index is 0.464. The van der Waals surface area contributed by atoms with Crippen LogP contribution in [-0.4, -0.2) is 19.1 Å². The molecule has 128 valence electrons. The van der Waals surface area contributed by atoms with Crippen molar-refractivity contribution in [3.8, 4) is 22.8 Å². The van der Waals surface area contributed by atoms with Gasteiger partial charge in [-0.25, -0.2) is 4.98 Å². The fraction of sp³-hybridized carbons (Fsp3) is 0.190. The first-order valence-corrected chi connectivity index (χ1v) is 8.21. The number of hydrogen-bond donors (Lipinski definition) is 1. The molecule has 4 nitrogen and oxygen atoms in total. The second-order valence-corrected chi connectivity index (χ2v) is 5.72. The lowest BCUT2D eigenvalue weighted by Crippen LogP contribution is -2.03. The molecule has 2 aromatic carbocycles. The molecule has 1 aromatic heterocycles. The number of para-hydroxylation sites is 1. The van der Waals surface area contributed by atoms with Crippen LogP contribution in [0.1, 0.15) is 11.1 Å². The summed E-state index contributed by atoms with van der Waals surface area (Å²) in [5.74, 6) is 1.42. The number of benzene rings is 2. The first-order valence-electron chi connectivity index (χ1n) is 8.21. The van der Waals surface area contributed by atoms with Crippen LogP contribution in [0.4, 0.5) is 5.69 Å². The van der Waals surface area contributed by atoms with E-state index in [2.05, 4.69) is 23.3 Å². The van der Waals surface area contributed by atoms with E-state index >= 15 is 0 Å². The molecule has 3 aromatic rings. The second kappa shape index (κ2) is 7.71. The molecule has 1 N–H and O–H groups in total. The van der Waals surface area contributed by atoms with Gasteiger partial charge in [-0.1, -0.05) is 30.3 Å². The molecular weight excluding hydrogens is 312 g/mol. The molecule has 25 heavy (non-hydrogen) atoms. The summed E-state index contributed by atoms with van der Waals surface area (Å²) in [6.45, 7) is 2.55. The Kier molecular flexibility index (Phi) is 5.19. The average molecular weight is 334 g/mol. The third-order valence-electron chi connectivity index (χ3n) is 4.20. The zero-order valence-electron chi connectivity index (χ0n) is 14.7. The second-order valence-electron chi connectivity index (χ2n) is 5.72. The Morgan fingerprint density at radius 2 is 1.88 bits per heavy atom. The number of ether oxygens (including phenoxy) is 2. The summed E-state index contributed by atoms with van der Waals surface area (Å²) >= 11 is 0. The molecule has 0 bridgehead atoms. The molecule has 0 unspecified atom stereocenters. The summed E-state index contributed by atoms with van der Waals surface area (Å²) in [5, 5.41) is 3.21. The Bertz CT molecular complexity index is 862. The van der Waals surface area contributed by atoms with Gasteiger partial charge in [0.2, 0.25) is 5.88 Å². The van der Waals surface area contributed by atoms with Crippen LogP contribution in [0.3, 0.4) is 0 Å². The van der Waals surface area contributed by atoms with Crippen molar-refractivity contribution in [2.24, 2.45) is 0 Å². The molecule has 0 aliphatic carbocycles. The molecule has 1 heterocycles. The van der Waals surface area contributed by atoms with E-state index in [1.165, 1.54) is 5.56 Å². The number of rotatable bonds is 6. The van der Waals surface area contributed by atoms with Crippen LogP contribution >= 0.6 is 0 Å². The van der Waals surface area contributed by atoms with Crippen molar-refractivity contribution >= 4 is 5.69 Å². The summed E-state index contributed by atoms with van der Waals surface area (Å²) < 4.78 is 11.4. The maximum atomic E-state index is 5.96. The molecule has 0 atom stereocenters. The molecule has 0 fully saturated rings. The van der Waals surface area contributed by atoms with Crippen molar-refractivity contribution in [3.05, 3.63) is 71.9 Å². The number of nitrogens with one attached hydrogen (secondary N) is 1. The van der Waals surface area contributed by atoms with Crippen molar-refractivity contribution < 1.29 is 9.47 Å². The molecule has 0 radical (unpaired) electrons. The minimum Gasteiger partial charge on any atom is -0.496 e. The number of aromatic nitrogens is 1. The maximum absolute atomic E-state index is 5.96. The van der Waals surface area contributed by atoms with Gasteiger partial charge in [-0.3, -0.25) is 0 Å². The molecule has 0 saturated carbocycles. The maximum Gasteiger partial charge on any atom is 0.214 e. The molecular formula is C21H22N2O2. The van der Waals surface area contributed by atoms with Gasteiger partial charge in [0.25, 0.3) is 0 Å². The van der Waals surface area contributed by atoms with Gasteiger partial charge in [-0.15, -0.1) is 0 Å². The number of pyridine rings is 1. The van der Waals surface area contributed by atoms with Gasteiger partial charge < -0.3 is 14.8 Å². The topological polar surface area (TPSA) is 43.4 Å². The van der Waals surface area contributed by atoms with Crippen LogP contribution in [0.2, 0.25) is 0 Å². The van der Waals surface area contributed by atoms with E-state index in [-0.39, 0.29) is 0 Å². The standard InChI is InChI=1S/C21H22N2O2/c1-15-7-6-9-19(22-2)18(15)14-25-21-13-16(11-12-23-21)17-8-4-5-10-20(17)24-3/h4-13,22H,14H2,1-3H3. The monoisotopic (exact) mass is 334 g/mol. The van der Waals surface area contributed by atoms with Gasteiger partial charge in [0.05, 0.1) is 7.11 Å². The lowest BCUT2D eigenvalue weighted by Gasteiger charge is -2.14. The SMILES string of the molecule is CNc1cccc(C)c1COc1cc(-c2ccccc2OC)ccn1. The van der Waals surface area contributed by atoms with Gasteiger partial charge in [-0.2, -0.15) is 0 Å². The van der Waals surface area contributed by atoms with Crippen molar-refractivity contribution in [1.82, 2.24) is 4.98 Å². The van der Waals surface area contributed by atoms with E-state index in [1.54, 1.807) is 13.3 Å². The van der Waals surface area contributed by atoms with Crippen molar-refractivity contribution in [2.45, 2.75) is 13.5 Å². The third kappa shape index (κ3) is 3.74. The Morgan fingerprint density at radius 3 is 2.68 bits per heavy atom. The van der Waals surface area contributed by atoms with E-state index in [4.69, 9.17) is 9.47 Å². The summed E-state index contributed by atoms with van der Waals surface area (Å²) in [6, 6.07) is 18.0. The smallest absolute Gasteiger partial charge is 0.214 e. The molecule has 0 saturated heterocycles. The molecule has 0 aliphatic heterocycles. The summed E-state index contributed by atoms with van der Waals surface area (Å²) in [5.41, 5.74) is 5.42. The first-order chi connectivity index (χ1) is 12.2. The predicted molar refractivity (Wildman–Crippen MR) is 101 cm³/mol. The van der Waals surface area contributed by atoms with E-state index in [0.717, 1.165) is 28.1 Å². The van der Waals surface area contributed by atoms with Gasteiger partial charge >= 0.3 is 0 Å². The van der Waals surface area contributed by atoms with Crippen LogP contribution in [0.15, 0.2) is 60.8 Å². The quantitative estimate of drug-likeness (QED) is 0.710. The Balaban J connectivity index is 1.84. The molecule has 3 rings (SSSR count). The predicted octanol–water partition coefficient (Wildman–Crippen LogP) is 4.69. The lowest BCUT2D eigenvalue weighted by atomic mass is 10.1. The zero-order chi connectivity index (χ0) is 17.6. The molecule has 0 amide bonds. The highest BCUT2D eigenvalue weighted by Crippen LogP contribution is 2.31. The van der Waals surface area contributed by atoms with Gasteiger partial charge in [0.15, 0.2) is 0 Å². The Labute approximate surface area is 148 Å². The fourth-order valence-corrected chi connectivity index (χ4v) is 2.81. The minimum atomic E-state index is 0.464. The third-order valence-corrected chi connectivity index (χ3v) is 4.20. The molecule has 0 spiro atoms. The van der Waals surface area contributed by atoms with Gasteiger partial charge in [-0.05, 0) is 36.2 Å². The fourth-order valence-electron chi connectivity index (χ4n) is 2.81. The average Bonchev–Trinajstić information content (AvgIpc) is 2.67. The number of methoxy groups -OCH3 is 1. The van der Waals surface area contributed by atoms with Crippen LogP contribution in [0.5, 0.6) is 11.6 Å². The zero-order valence-corrected chi connectivity index (χ0v) is 14.7. The number of hydrogen-bond acceptors (Lipinski definition) is 4. The van der Waals surface area contributed by atoms with Crippen LogP contribution in [-0.2, 0) is 6.61 Å². The van der Waals surface area contributed by atoms with E-state index in [0.29, 0.717) is 12.5 Å². The summed E-state index contributed by atoms with van der Waals surface area (Å²) in [7, 11) is 3.59. The van der Waals surface area contributed by atoms with Crippen molar-refractivity contribution in [3.63, 3.8) is 0 Å². The molecule has 4 heteroatoms. The van der Waals surface area contributed by atoms with Crippen LogP contribution in [0.25, 0.3) is 11.1 Å².